The number of hydrogen-bond acceptors (Lipinski definition) is 2. The van der Waals surface area contributed by atoms with E-state index in [4.69, 9.17) is 10.8 Å². The van der Waals surface area contributed by atoms with Crippen molar-refractivity contribution in [2.24, 2.45) is 5.73 Å². The van der Waals surface area contributed by atoms with Gasteiger partial charge in [0, 0.05) is 6.54 Å². The highest BCUT2D eigenvalue weighted by atomic mass is 19.1. The molecule has 3 N–H and O–H groups in total. The second-order valence-corrected chi connectivity index (χ2v) is 3.14. The molecule has 0 saturated carbocycles. The van der Waals surface area contributed by atoms with Crippen molar-refractivity contribution in [3.05, 3.63) is 35.1 Å². The lowest BCUT2D eigenvalue weighted by Gasteiger charge is -2.10. The van der Waals surface area contributed by atoms with Gasteiger partial charge in [0.15, 0.2) is 0 Å². The van der Waals surface area contributed by atoms with E-state index < -0.39 is 17.7 Å². The van der Waals surface area contributed by atoms with Gasteiger partial charge in [0.2, 0.25) is 0 Å². The van der Waals surface area contributed by atoms with Crippen molar-refractivity contribution < 1.29 is 14.3 Å². The van der Waals surface area contributed by atoms with E-state index in [1.165, 1.54) is 6.07 Å². The average molecular weight is 197 g/mol. The molecule has 0 aliphatic heterocycles. The number of carboxylic acid groups (broad SMARTS) is 1. The molecule has 1 aromatic carbocycles. The van der Waals surface area contributed by atoms with Gasteiger partial charge >= 0.3 is 5.97 Å². The summed E-state index contributed by atoms with van der Waals surface area (Å²) >= 11 is 0. The van der Waals surface area contributed by atoms with Crippen LogP contribution in [0.5, 0.6) is 0 Å². The molecule has 1 unspecified atom stereocenters. The normalized spacial score (nSPS) is 12.5. The maximum Gasteiger partial charge on any atom is 0.312 e. The number of carbonyl (C=O) groups is 1. The molecule has 0 bridgehead atoms. The number of carboxylic acids is 1. The van der Waals surface area contributed by atoms with E-state index >= 15 is 0 Å². The first-order valence-corrected chi connectivity index (χ1v) is 4.25. The third-order valence-electron chi connectivity index (χ3n) is 2.13. The molecule has 0 spiro atoms. The molecule has 0 aliphatic carbocycles. The maximum absolute atomic E-state index is 13.1. The summed E-state index contributed by atoms with van der Waals surface area (Å²) in [6.45, 7) is 1.59. The largest absolute Gasteiger partial charge is 0.481 e. The Hall–Kier alpha value is -1.42. The highest BCUT2D eigenvalue weighted by Crippen LogP contribution is 2.17. The van der Waals surface area contributed by atoms with Gasteiger partial charge in [-0.25, -0.2) is 4.39 Å². The van der Waals surface area contributed by atoms with Crippen molar-refractivity contribution in [1.29, 1.82) is 0 Å². The second-order valence-electron chi connectivity index (χ2n) is 3.14. The van der Waals surface area contributed by atoms with Crippen LogP contribution >= 0.6 is 0 Å². The summed E-state index contributed by atoms with van der Waals surface area (Å²) in [7, 11) is 0. The first-order chi connectivity index (χ1) is 6.56. The third kappa shape index (κ3) is 2.09. The van der Waals surface area contributed by atoms with E-state index in [-0.39, 0.29) is 6.54 Å². The first kappa shape index (κ1) is 10.7. The Bertz CT molecular complexity index is 352. The van der Waals surface area contributed by atoms with Gasteiger partial charge in [-0.3, -0.25) is 4.79 Å². The van der Waals surface area contributed by atoms with Crippen LogP contribution in [0.15, 0.2) is 18.2 Å². The summed E-state index contributed by atoms with van der Waals surface area (Å²) < 4.78 is 13.1. The summed E-state index contributed by atoms with van der Waals surface area (Å²) in [6, 6.07) is 4.36. The molecule has 0 aliphatic rings. The Morgan fingerprint density at radius 3 is 2.71 bits per heavy atom. The minimum atomic E-state index is -1.03. The Morgan fingerprint density at radius 2 is 2.29 bits per heavy atom. The molecular weight excluding hydrogens is 185 g/mol. The SMILES string of the molecule is Cc1ccc(C(CN)C(=O)O)cc1F. The molecule has 4 heteroatoms. The Kier molecular flexibility index (Phi) is 3.19. The van der Waals surface area contributed by atoms with Crippen molar-refractivity contribution in [2.75, 3.05) is 6.54 Å². The second kappa shape index (κ2) is 4.19. The van der Waals surface area contributed by atoms with Gasteiger partial charge in [0.25, 0.3) is 0 Å². The Balaban J connectivity index is 3.06. The molecule has 1 aromatic rings. The molecule has 1 atom stereocenters. The zero-order valence-corrected chi connectivity index (χ0v) is 7.83. The van der Waals surface area contributed by atoms with Crippen LogP contribution in [0.1, 0.15) is 17.0 Å². The number of hydrogen-bond donors (Lipinski definition) is 2. The molecule has 0 radical (unpaired) electrons. The van der Waals surface area contributed by atoms with Crippen LogP contribution in [0.3, 0.4) is 0 Å². The average Bonchev–Trinajstić information content (AvgIpc) is 2.11. The molecule has 0 saturated heterocycles. The van der Waals surface area contributed by atoms with Gasteiger partial charge in [0.05, 0.1) is 5.92 Å². The number of halogens is 1. The monoisotopic (exact) mass is 197 g/mol. The van der Waals surface area contributed by atoms with Gasteiger partial charge in [-0.2, -0.15) is 0 Å². The number of aliphatic carboxylic acids is 1. The lowest BCUT2D eigenvalue weighted by atomic mass is 9.98. The molecule has 0 amide bonds. The predicted octanol–water partition coefficient (Wildman–Crippen LogP) is 1.26. The highest BCUT2D eigenvalue weighted by molar-refractivity contribution is 5.76. The molecule has 3 nitrogen and oxygen atoms in total. The van der Waals surface area contributed by atoms with Gasteiger partial charge in [-0.05, 0) is 24.1 Å². The zero-order chi connectivity index (χ0) is 10.7. The Morgan fingerprint density at radius 1 is 1.64 bits per heavy atom. The van der Waals surface area contributed by atoms with Gasteiger partial charge in [0.1, 0.15) is 5.82 Å². The molecular formula is C10H12FNO2. The van der Waals surface area contributed by atoms with E-state index in [1.807, 2.05) is 0 Å². The van der Waals surface area contributed by atoms with Gasteiger partial charge < -0.3 is 10.8 Å². The highest BCUT2D eigenvalue weighted by Gasteiger charge is 2.18. The number of rotatable bonds is 3. The standard InChI is InChI=1S/C10H12FNO2/c1-6-2-3-7(4-9(6)11)8(5-12)10(13)14/h2-4,8H,5,12H2,1H3,(H,13,14). The molecule has 0 aromatic heterocycles. The molecule has 1 rings (SSSR count). The van der Waals surface area contributed by atoms with E-state index in [0.717, 1.165) is 0 Å². The van der Waals surface area contributed by atoms with Gasteiger partial charge in [-0.15, -0.1) is 0 Å². The number of benzene rings is 1. The lowest BCUT2D eigenvalue weighted by molar-refractivity contribution is -0.138. The van der Waals surface area contributed by atoms with Crippen LogP contribution < -0.4 is 5.73 Å². The molecule has 0 fully saturated rings. The van der Waals surface area contributed by atoms with E-state index in [1.54, 1.807) is 19.1 Å². The van der Waals surface area contributed by atoms with E-state index in [9.17, 15) is 9.18 Å². The summed E-state index contributed by atoms with van der Waals surface area (Å²) in [4.78, 5) is 10.7. The molecule has 76 valence electrons. The topological polar surface area (TPSA) is 63.3 Å². The number of aryl methyl sites for hydroxylation is 1. The third-order valence-corrected chi connectivity index (χ3v) is 2.13. The minimum Gasteiger partial charge on any atom is -0.481 e. The van der Waals surface area contributed by atoms with Crippen LogP contribution in [0.2, 0.25) is 0 Å². The predicted molar refractivity (Wildman–Crippen MR) is 50.6 cm³/mol. The fourth-order valence-corrected chi connectivity index (χ4v) is 1.21. The van der Waals surface area contributed by atoms with Crippen molar-refractivity contribution >= 4 is 5.97 Å². The van der Waals surface area contributed by atoms with Crippen molar-refractivity contribution in [3.63, 3.8) is 0 Å². The van der Waals surface area contributed by atoms with Crippen molar-refractivity contribution in [3.8, 4) is 0 Å². The lowest BCUT2D eigenvalue weighted by Crippen LogP contribution is -2.21. The van der Waals surface area contributed by atoms with Crippen LogP contribution in [-0.4, -0.2) is 17.6 Å². The van der Waals surface area contributed by atoms with Gasteiger partial charge in [-0.1, -0.05) is 12.1 Å². The van der Waals surface area contributed by atoms with Crippen LogP contribution in [0.4, 0.5) is 4.39 Å². The summed E-state index contributed by atoms with van der Waals surface area (Å²) in [6.07, 6.45) is 0. The fourth-order valence-electron chi connectivity index (χ4n) is 1.21. The smallest absolute Gasteiger partial charge is 0.312 e. The van der Waals surface area contributed by atoms with Crippen molar-refractivity contribution in [1.82, 2.24) is 0 Å². The number of nitrogens with two attached hydrogens (primary N) is 1. The first-order valence-electron chi connectivity index (χ1n) is 4.25. The molecule has 0 heterocycles. The summed E-state index contributed by atoms with van der Waals surface area (Å²) in [5.41, 5.74) is 6.19. The fraction of sp³-hybridized carbons (Fsp3) is 0.300. The summed E-state index contributed by atoms with van der Waals surface area (Å²) in [5, 5.41) is 8.78. The zero-order valence-electron chi connectivity index (χ0n) is 7.83. The van der Waals surface area contributed by atoms with E-state index in [2.05, 4.69) is 0 Å². The minimum absolute atomic E-state index is 0.0299. The van der Waals surface area contributed by atoms with E-state index in [0.29, 0.717) is 11.1 Å². The molecule has 14 heavy (non-hydrogen) atoms. The van der Waals surface area contributed by atoms with Crippen LogP contribution in [0.25, 0.3) is 0 Å². The van der Waals surface area contributed by atoms with Crippen molar-refractivity contribution in [2.45, 2.75) is 12.8 Å². The quantitative estimate of drug-likeness (QED) is 0.766. The summed E-state index contributed by atoms with van der Waals surface area (Å²) in [5.74, 6) is -2.26. The maximum atomic E-state index is 13.1. The van der Waals surface area contributed by atoms with Crippen LogP contribution in [0, 0.1) is 12.7 Å². The van der Waals surface area contributed by atoms with Crippen LogP contribution in [-0.2, 0) is 4.79 Å². The Labute approximate surface area is 81.4 Å².